The summed E-state index contributed by atoms with van der Waals surface area (Å²) in [6.45, 7) is 1.13. The molecule has 7 heteroatoms. The molecule has 0 aliphatic rings. The van der Waals surface area contributed by atoms with E-state index in [2.05, 4.69) is 10.6 Å². The molecule has 4 N–H and O–H groups in total. The fourth-order valence-corrected chi connectivity index (χ4v) is 1.51. The molecule has 1 rings (SSSR count). The summed E-state index contributed by atoms with van der Waals surface area (Å²) >= 11 is 0. The van der Waals surface area contributed by atoms with Gasteiger partial charge in [0.25, 0.3) is 0 Å². The van der Waals surface area contributed by atoms with Gasteiger partial charge in [0.2, 0.25) is 0 Å². The van der Waals surface area contributed by atoms with Gasteiger partial charge >= 0.3 is 12.0 Å². The van der Waals surface area contributed by atoms with Crippen molar-refractivity contribution in [2.45, 2.75) is 12.8 Å². The molecule has 7 nitrogen and oxygen atoms in total. The number of hydrogen-bond donors (Lipinski definition) is 4. The van der Waals surface area contributed by atoms with Gasteiger partial charge in [0, 0.05) is 20.3 Å². The number of amides is 2. The molecule has 0 fully saturated rings. The number of carbonyl (C=O) groups is 2. The molecular weight excluding hydrogens is 264 g/mol. The standard InChI is InChI=1S/C13H18N2O5/c1-20-7-3-2-6-14-13(19)15-10-5-4-9(12(17)18)8-11(10)16/h4-5,8,16H,2-3,6-7H2,1H3,(H,17,18)(H2,14,15,19). The molecule has 1 aromatic carbocycles. The van der Waals surface area contributed by atoms with Crippen molar-refractivity contribution in [2.24, 2.45) is 0 Å². The van der Waals surface area contributed by atoms with Crippen molar-refractivity contribution in [3.05, 3.63) is 23.8 Å². The molecule has 0 aromatic heterocycles. The first-order chi connectivity index (χ1) is 9.54. The number of nitrogens with one attached hydrogen (secondary N) is 2. The lowest BCUT2D eigenvalue weighted by atomic mass is 10.2. The van der Waals surface area contributed by atoms with Gasteiger partial charge < -0.3 is 25.6 Å². The molecule has 2 amide bonds. The van der Waals surface area contributed by atoms with Gasteiger partial charge in [-0.3, -0.25) is 0 Å². The smallest absolute Gasteiger partial charge is 0.335 e. The van der Waals surface area contributed by atoms with Gasteiger partial charge in [0.05, 0.1) is 11.3 Å². The summed E-state index contributed by atoms with van der Waals surface area (Å²) in [4.78, 5) is 22.2. The third kappa shape index (κ3) is 5.15. The number of benzene rings is 1. The molecule has 0 saturated heterocycles. The van der Waals surface area contributed by atoms with Crippen LogP contribution in [0.3, 0.4) is 0 Å². The van der Waals surface area contributed by atoms with E-state index in [0.717, 1.165) is 18.9 Å². The Bertz CT molecular complexity index is 476. The van der Waals surface area contributed by atoms with Crippen LogP contribution in [-0.4, -0.2) is 42.5 Å². The van der Waals surface area contributed by atoms with Crippen LogP contribution in [0.1, 0.15) is 23.2 Å². The van der Waals surface area contributed by atoms with Crippen LogP contribution in [0.2, 0.25) is 0 Å². The van der Waals surface area contributed by atoms with E-state index in [1.54, 1.807) is 7.11 Å². The maximum Gasteiger partial charge on any atom is 0.335 e. The first-order valence-electron chi connectivity index (χ1n) is 6.14. The highest BCUT2D eigenvalue weighted by Crippen LogP contribution is 2.24. The molecule has 1 aromatic rings. The van der Waals surface area contributed by atoms with Gasteiger partial charge in [-0.05, 0) is 31.0 Å². The molecule has 0 spiro atoms. The number of carboxylic acid groups (broad SMARTS) is 1. The largest absolute Gasteiger partial charge is 0.506 e. The number of carboxylic acids is 1. The molecule has 0 atom stereocenters. The minimum atomic E-state index is -1.14. The van der Waals surface area contributed by atoms with Gasteiger partial charge in [0.1, 0.15) is 5.75 Å². The van der Waals surface area contributed by atoms with Crippen LogP contribution < -0.4 is 10.6 Å². The molecule has 0 unspecified atom stereocenters. The van der Waals surface area contributed by atoms with Crippen LogP contribution in [-0.2, 0) is 4.74 Å². The zero-order chi connectivity index (χ0) is 15.0. The van der Waals surface area contributed by atoms with Crippen LogP contribution in [0.5, 0.6) is 5.75 Å². The zero-order valence-corrected chi connectivity index (χ0v) is 11.2. The van der Waals surface area contributed by atoms with Crippen molar-refractivity contribution >= 4 is 17.7 Å². The average Bonchev–Trinajstić information content (AvgIpc) is 2.40. The van der Waals surface area contributed by atoms with Gasteiger partial charge in [-0.2, -0.15) is 0 Å². The molecule has 0 heterocycles. The highest BCUT2D eigenvalue weighted by atomic mass is 16.5. The lowest BCUT2D eigenvalue weighted by Crippen LogP contribution is -2.29. The fraction of sp³-hybridized carbons (Fsp3) is 0.385. The number of phenols is 1. The van der Waals surface area contributed by atoms with Gasteiger partial charge in [0.15, 0.2) is 0 Å². The number of unbranched alkanes of at least 4 members (excludes halogenated alkanes) is 1. The third-order valence-corrected chi connectivity index (χ3v) is 2.55. The van der Waals surface area contributed by atoms with E-state index in [0.29, 0.717) is 13.2 Å². The Balaban J connectivity index is 2.44. The topological polar surface area (TPSA) is 108 Å². The Kier molecular flexibility index (Phi) is 6.31. The van der Waals surface area contributed by atoms with E-state index in [4.69, 9.17) is 9.84 Å². The SMILES string of the molecule is COCCCCNC(=O)Nc1ccc(C(=O)O)cc1O. The number of hydrogen-bond acceptors (Lipinski definition) is 4. The summed E-state index contributed by atoms with van der Waals surface area (Å²) in [5.41, 5.74) is 0.109. The highest BCUT2D eigenvalue weighted by molar-refractivity contribution is 5.93. The number of ether oxygens (including phenoxy) is 1. The Labute approximate surface area is 116 Å². The fourth-order valence-electron chi connectivity index (χ4n) is 1.51. The van der Waals surface area contributed by atoms with Crippen molar-refractivity contribution in [3.8, 4) is 5.75 Å². The zero-order valence-electron chi connectivity index (χ0n) is 11.2. The number of phenolic OH excluding ortho intramolecular Hbond substituents is 1. The Hall–Kier alpha value is -2.28. The minimum Gasteiger partial charge on any atom is -0.506 e. The number of rotatable bonds is 7. The second-order valence-corrected chi connectivity index (χ2v) is 4.12. The number of carbonyl (C=O) groups excluding carboxylic acids is 1. The van der Waals surface area contributed by atoms with Crippen LogP contribution in [0.4, 0.5) is 10.5 Å². The second kappa shape index (κ2) is 8.00. The Morgan fingerprint density at radius 3 is 2.65 bits per heavy atom. The Morgan fingerprint density at radius 1 is 1.30 bits per heavy atom. The van der Waals surface area contributed by atoms with Crippen LogP contribution in [0.25, 0.3) is 0 Å². The maximum atomic E-state index is 11.5. The number of aromatic hydroxyl groups is 1. The quantitative estimate of drug-likeness (QED) is 0.449. The minimum absolute atomic E-state index is 0.0481. The molecule has 0 bridgehead atoms. The lowest BCUT2D eigenvalue weighted by Gasteiger charge is -2.09. The molecule has 0 aliphatic carbocycles. The first kappa shape index (κ1) is 15.8. The maximum absolute atomic E-state index is 11.5. The van der Waals surface area contributed by atoms with Crippen LogP contribution >= 0.6 is 0 Å². The predicted molar refractivity (Wildman–Crippen MR) is 73.2 cm³/mol. The van der Waals surface area contributed by atoms with Crippen LogP contribution in [0, 0.1) is 0 Å². The Morgan fingerprint density at radius 2 is 2.05 bits per heavy atom. The third-order valence-electron chi connectivity index (χ3n) is 2.55. The van der Waals surface area contributed by atoms with Crippen molar-refractivity contribution < 1.29 is 24.5 Å². The lowest BCUT2D eigenvalue weighted by molar-refractivity contribution is 0.0696. The van der Waals surface area contributed by atoms with Crippen molar-refractivity contribution in [1.29, 1.82) is 0 Å². The summed E-state index contributed by atoms with van der Waals surface area (Å²) in [5.74, 6) is -1.44. The van der Waals surface area contributed by atoms with Crippen molar-refractivity contribution in [2.75, 3.05) is 25.6 Å². The molecule has 20 heavy (non-hydrogen) atoms. The number of anilines is 1. The van der Waals surface area contributed by atoms with E-state index in [9.17, 15) is 14.7 Å². The van der Waals surface area contributed by atoms with E-state index in [1.807, 2.05) is 0 Å². The second-order valence-electron chi connectivity index (χ2n) is 4.12. The molecule has 110 valence electrons. The number of urea groups is 1. The van der Waals surface area contributed by atoms with E-state index < -0.39 is 12.0 Å². The predicted octanol–water partition coefficient (Wildman–Crippen LogP) is 1.64. The summed E-state index contributed by atoms with van der Waals surface area (Å²) in [7, 11) is 1.61. The summed E-state index contributed by atoms with van der Waals surface area (Å²) < 4.78 is 4.88. The van der Waals surface area contributed by atoms with E-state index in [-0.39, 0.29) is 17.0 Å². The summed E-state index contributed by atoms with van der Waals surface area (Å²) in [5, 5.41) is 23.4. The summed E-state index contributed by atoms with van der Waals surface area (Å²) in [6.07, 6.45) is 1.63. The highest BCUT2D eigenvalue weighted by Gasteiger charge is 2.09. The summed E-state index contributed by atoms with van der Waals surface area (Å²) in [6, 6.07) is 3.26. The number of aromatic carboxylic acids is 1. The average molecular weight is 282 g/mol. The normalized spacial score (nSPS) is 10.1. The van der Waals surface area contributed by atoms with Gasteiger partial charge in [-0.25, -0.2) is 9.59 Å². The molecule has 0 saturated carbocycles. The van der Waals surface area contributed by atoms with Gasteiger partial charge in [-0.1, -0.05) is 0 Å². The first-order valence-corrected chi connectivity index (χ1v) is 6.14. The van der Waals surface area contributed by atoms with Crippen molar-refractivity contribution in [1.82, 2.24) is 5.32 Å². The molecular formula is C13H18N2O5. The monoisotopic (exact) mass is 282 g/mol. The van der Waals surface area contributed by atoms with Crippen molar-refractivity contribution in [3.63, 3.8) is 0 Å². The van der Waals surface area contributed by atoms with E-state index >= 15 is 0 Å². The molecule has 0 radical (unpaired) electrons. The van der Waals surface area contributed by atoms with Gasteiger partial charge in [-0.15, -0.1) is 0 Å². The molecule has 0 aliphatic heterocycles. The van der Waals surface area contributed by atoms with Crippen LogP contribution in [0.15, 0.2) is 18.2 Å². The number of methoxy groups -OCH3 is 1. The van der Waals surface area contributed by atoms with E-state index in [1.165, 1.54) is 12.1 Å².